The summed E-state index contributed by atoms with van der Waals surface area (Å²) in [4.78, 5) is 12.9. The second kappa shape index (κ2) is 8.90. The Morgan fingerprint density at radius 3 is 2.75 bits per heavy atom. The molecule has 1 aliphatic heterocycles. The lowest BCUT2D eigenvalue weighted by atomic mass is 9.93. The van der Waals surface area contributed by atoms with E-state index in [0.717, 1.165) is 5.56 Å². The zero-order valence-electron chi connectivity index (χ0n) is 15.7. The van der Waals surface area contributed by atoms with Gasteiger partial charge in [0.25, 0.3) is 0 Å². The highest BCUT2D eigenvalue weighted by atomic mass is 35.5. The van der Waals surface area contributed by atoms with Crippen LogP contribution in [0.3, 0.4) is 0 Å². The molecule has 150 valence electrons. The zero-order chi connectivity index (χ0) is 20.1. The highest BCUT2D eigenvalue weighted by molar-refractivity contribution is 6.31. The fraction of sp³-hybridized carbons (Fsp3) is 0.381. The summed E-state index contributed by atoms with van der Waals surface area (Å²) in [6.07, 6.45) is 0.113. The third-order valence-electron chi connectivity index (χ3n) is 4.91. The lowest BCUT2D eigenvalue weighted by molar-refractivity contribution is -0.139. The largest absolute Gasteiger partial charge is 0.489 e. The Hall–Kier alpha value is -2.15. The molecule has 2 aromatic rings. The summed E-state index contributed by atoms with van der Waals surface area (Å²) in [7, 11) is 0. The molecule has 1 N–H and O–H groups in total. The Morgan fingerprint density at radius 1 is 1.32 bits per heavy atom. The minimum Gasteiger partial charge on any atom is -0.489 e. The molecule has 0 aromatic heterocycles. The van der Waals surface area contributed by atoms with Crippen LogP contribution in [0.15, 0.2) is 42.5 Å². The van der Waals surface area contributed by atoms with Crippen molar-refractivity contribution < 1.29 is 23.8 Å². The molecule has 1 fully saturated rings. The van der Waals surface area contributed by atoms with Gasteiger partial charge in [-0.25, -0.2) is 4.39 Å². The SMILES string of the molecule is CC1(c2ccc(OCc3c(F)cccc3Cl)cc2)CN(CCC(=O)O)CCO1. The van der Waals surface area contributed by atoms with Gasteiger partial charge in [-0.3, -0.25) is 9.69 Å². The second-order valence-corrected chi connectivity index (χ2v) is 7.42. The number of carbonyl (C=O) groups is 1. The first-order valence-electron chi connectivity index (χ1n) is 9.12. The third kappa shape index (κ3) is 5.01. The zero-order valence-corrected chi connectivity index (χ0v) is 16.4. The molecule has 0 radical (unpaired) electrons. The molecule has 0 spiro atoms. The first-order chi connectivity index (χ1) is 13.4. The fourth-order valence-electron chi connectivity index (χ4n) is 3.30. The van der Waals surface area contributed by atoms with Crippen LogP contribution in [-0.2, 0) is 21.7 Å². The van der Waals surface area contributed by atoms with Crippen molar-refractivity contribution in [1.82, 2.24) is 4.90 Å². The number of benzene rings is 2. The lowest BCUT2D eigenvalue weighted by Crippen LogP contribution is -2.48. The predicted octanol–water partition coefficient (Wildman–Crippen LogP) is 4.08. The quantitative estimate of drug-likeness (QED) is 0.749. The van der Waals surface area contributed by atoms with Gasteiger partial charge in [0.2, 0.25) is 0 Å². The number of aliphatic carboxylic acids is 1. The van der Waals surface area contributed by atoms with Gasteiger partial charge in [-0.15, -0.1) is 0 Å². The van der Waals surface area contributed by atoms with Crippen LogP contribution in [0.2, 0.25) is 5.02 Å². The van der Waals surface area contributed by atoms with Crippen LogP contribution >= 0.6 is 11.6 Å². The third-order valence-corrected chi connectivity index (χ3v) is 5.26. The molecule has 2 aromatic carbocycles. The maximum absolute atomic E-state index is 13.8. The first kappa shape index (κ1) is 20.6. The van der Waals surface area contributed by atoms with Crippen molar-refractivity contribution in [3.8, 4) is 5.75 Å². The Labute approximate surface area is 168 Å². The summed E-state index contributed by atoms with van der Waals surface area (Å²) < 4.78 is 25.5. The molecule has 1 unspecified atom stereocenters. The summed E-state index contributed by atoms with van der Waals surface area (Å²) in [5, 5.41) is 9.22. The van der Waals surface area contributed by atoms with E-state index in [0.29, 0.717) is 42.6 Å². The highest BCUT2D eigenvalue weighted by Crippen LogP contribution is 2.31. The topological polar surface area (TPSA) is 59.0 Å². The minimum atomic E-state index is -0.801. The van der Waals surface area contributed by atoms with E-state index in [1.807, 2.05) is 31.2 Å². The number of ether oxygens (including phenoxy) is 2. The number of morpholine rings is 1. The average molecular weight is 408 g/mol. The summed E-state index contributed by atoms with van der Waals surface area (Å²) in [5.74, 6) is -0.594. The van der Waals surface area contributed by atoms with Gasteiger partial charge in [0.1, 0.15) is 23.8 Å². The van der Waals surface area contributed by atoms with Gasteiger partial charge in [-0.1, -0.05) is 29.8 Å². The average Bonchev–Trinajstić information content (AvgIpc) is 2.66. The molecule has 0 amide bonds. The normalized spacial score (nSPS) is 20.1. The molecule has 1 aliphatic rings. The minimum absolute atomic E-state index is 0.0432. The van der Waals surface area contributed by atoms with E-state index in [9.17, 15) is 9.18 Å². The number of nitrogens with zero attached hydrogens (tertiary/aromatic N) is 1. The molecule has 7 heteroatoms. The van der Waals surface area contributed by atoms with Crippen LogP contribution < -0.4 is 4.74 Å². The van der Waals surface area contributed by atoms with Crippen molar-refractivity contribution in [1.29, 1.82) is 0 Å². The molecule has 1 saturated heterocycles. The number of carboxylic acid groups (broad SMARTS) is 1. The van der Waals surface area contributed by atoms with E-state index in [1.54, 1.807) is 12.1 Å². The molecule has 0 bridgehead atoms. The van der Waals surface area contributed by atoms with E-state index in [4.69, 9.17) is 26.2 Å². The van der Waals surface area contributed by atoms with Gasteiger partial charge in [-0.2, -0.15) is 0 Å². The van der Waals surface area contributed by atoms with Gasteiger partial charge in [0, 0.05) is 25.2 Å². The van der Waals surface area contributed by atoms with Crippen molar-refractivity contribution in [3.63, 3.8) is 0 Å². The summed E-state index contributed by atoms with van der Waals surface area (Å²) >= 11 is 6.02. The Kier molecular flexibility index (Phi) is 6.54. The number of hydrogen-bond donors (Lipinski definition) is 1. The lowest BCUT2D eigenvalue weighted by Gasteiger charge is -2.40. The number of halogens is 2. The standard InChI is InChI=1S/C21H23ClFNO4/c1-21(14-24(11-12-28-21)10-9-20(25)26)15-5-7-16(8-6-15)27-13-17-18(22)3-2-4-19(17)23/h2-8H,9-14H2,1H3,(H,25,26). The van der Waals surface area contributed by atoms with Gasteiger partial charge in [0.15, 0.2) is 0 Å². The van der Waals surface area contributed by atoms with Crippen LogP contribution in [-0.4, -0.2) is 42.2 Å². The number of hydrogen-bond acceptors (Lipinski definition) is 4. The summed E-state index contributed by atoms with van der Waals surface area (Å²) in [6, 6.07) is 12.0. The van der Waals surface area contributed by atoms with Crippen molar-refractivity contribution in [2.75, 3.05) is 26.2 Å². The Bertz CT molecular complexity index is 809. The molecule has 0 aliphatic carbocycles. The van der Waals surface area contributed by atoms with Crippen molar-refractivity contribution in [3.05, 3.63) is 64.4 Å². The Balaban J connectivity index is 1.64. The molecule has 1 heterocycles. The van der Waals surface area contributed by atoms with Crippen LogP contribution in [0, 0.1) is 5.82 Å². The van der Waals surface area contributed by atoms with Gasteiger partial charge in [0.05, 0.1) is 18.1 Å². The molecule has 0 saturated carbocycles. The predicted molar refractivity (Wildman–Crippen MR) is 104 cm³/mol. The van der Waals surface area contributed by atoms with E-state index in [-0.39, 0.29) is 13.0 Å². The monoisotopic (exact) mass is 407 g/mol. The van der Waals surface area contributed by atoms with Crippen LogP contribution in [0.4, 0.5) is 4.39 Å². The molecular formula is C21H23ClFNO4. The molecule has 5 nitrogen and oxygen atoms in total. The van der Waals surface area contributed by atoms with Crippen LogP contribution in [0.5, 0.6) is 5.75 Å². The maximum atomic E-state index is 13.8. The van der Waals surface area contributed by atoms with E-state index >= 15 is 0 Å². The van der Waals surface area contributed by atoms with E-state index in [1.165, 1.54) is 6.07 Å². The van der Waals surface area contributed by atoms with Crippen LogP contribution in [0.1, 0.15) is 24.5 Å². The maximum Gasteiger partial charge on any atom is 0.304 e. The Morgan fingerprint density at radius 2 is 2.07 bits per heavy atom. The van der Waals surface area contributed by atoms with Gasteiger partial charge in [-0.05, 0) is 36.8 Å². The second-order valence-electron chi connectivity index (χ2n) is 7.01. The fourth-order valence-corrected chi connectivity index (χ4v) is 3.52. The number of carboxylic acids is 1. The van der Waals surface area contributed by atoms with E-state index < -0.39 is 17.4 Å². The van der Waals surface area contributed by atoms with Gasteiger partial charge < -0.3 is 14.6 Å². The van der Waals surface area contributed by atoms with Crippen molar-refractivity contribution in [2.45, 2.75) is 25.6 Å². The van der Waals surface area contributed by atoms with Crippen molar-refractivity contribution >= 4 is 17.6 Å². The van der Waals surface area contributed by atoms with Crippen LogP contribution in [0.25, 0.3) is 0 Å². The van der Waals surface area contributed by atoms with Crippen molar-refractivity contribution in [2.24, 2.45) is 0 Å². The molecule has 3 rings (SSSR count). The molecule has 1 atom stereocenters. The first-order valence-corrected chi connectivity index (χ1v) is 9.49. The molecule has 28 heavy (non-hydrogen) atoms. The number of rotatable bonds is 7. The van der Waals surface area contributed by atoms with E-state index in [2.05, 4.69) is 4.90 Å². The summed E-state index contributed by atoms with van der Waals surface area (Å²) in [5.41, 5.74) is 0.776. The smallest absolute Gasteiger partial charge is 0.304 e. The van der Waals surface area contributed by atoms with Gasteiger partial charge >= 0.3 is 5.97 Å². The highest BCUT2D eigenvalue weighted by Gasteiger charge is 2.33. The summed E-state index contributed by atoms with van der Waals surface area (Å²) in [6.45, 7) is 4.41. The molecular weight excluding hydrogens is 385 g/mol.